The van der Waals surface area contributed by atoms with E-state index in [-0.39, 0.29) is 17.8 Å². The fourth-order valence-electron chi connectivity index (χ4n) is 2.04. The number of carbonyl (C=O) groups is 1. The van der Waals surface area contributed by atoms with E-state index in [2.05, 4.69) is 4.98 Å². The van der Waals surface area contributed by atoms with E-state index in [1.165, 1.54) is 12.3 Å². The molecule has 1 fully saturated rings. The summed E-state index contributed by atoms with van der Waals surface area (Å²) in [5.41, 5.74) is -0.0817. The molecule has 1 aromatic heterocycles. The molecule has 0 amide bonds. The second-order valence-corrected chi connectivity index (χ2v) is 4.00. The normalized spacial score (nSPS) is 23.6. The van der Waals surface area contributed by atoms with Gasteiger partial charge in [-0.25, -0.2) is 9.18 Å². The molecule has 1 aliphatic rings. The predicted molar refractivity (Wildman–Crippen MR) is 58.0 cm³/mol. The average molecular weight is 239 g/mol. The van der Waals surface area contributed by atoms with Gasteiger partial charge in [-0.3, -0.25) is 4.98 Å². The summed E-state index contributed by atoms with van der Waals surface area (Å²) in [7, 11) is 1.59. The van der Waals surface area contributed by atoms with Crippen molar-refractivity contribution in [2.45, 2.75) is 31.5 Å². The number of carbonyl (C=O) groups excluding carboxylic acids is 1. The minimum absolute atomic E-state index is 0.0798. The molecule has 0 bridgehead atoms. The summed E-state index contributed by atoms with van der Waals surface area (Å²) in [5, 5.41) is 0. The lowest BCUT2D eigenvalue weighted by molar-refractivity contribution is -0.0209. The van der Waals surface area contributed by atoms with Gasteiger partial charge in [0, 0.05) is 13.3 Å². The van der Waals surface area contributed by atoms with Crippen LogP contribution in [0.4, 0.5) is 4.39 Å². The molecular weight excluding hydrogens is 225 g/mol. The maximum Gasteiger partial charge on any atom is 0.341 e. The van der Waals surface area contributed by atoms with Crippen LogP contribution in [0.2, 0.25) is 0 Å². The van der Waals surface area contributed by atoms with Gasteiger partial charge in [0.1, 0.15) is 6.10 Å². The van der Waals surface area contributed by atoms with Crippen LogP contribution < -0.4 is 0 Å². The number of rotatable bonds is 3. The third-order valence-electron chi connectivity index (χ3n) is 2.95. The minimum atomic E-state index is -0.663. The van der Waals surface area contributed by atoms with Crippen molar-refractivity contribution >= 4 is 5.97 Å². The average Bonchev–Trinajstić information content (AvgIpc) is 2.76. The Morgan fingerprint density at radius 1 is 1.47 bits per heavy atom. The zero-order valence-electron chi connectivity index (χ0n) is 9.56. The molecular formula is C12H14FNO3. The second-order valence-electron chi connectivity index (χ2n) is 4.00. The van der Waals surface area contributed by atoms with Crippen LogP contribution in [0.1, 0.15) is 29.6 Å². The molecule has 0 aliphatic heterocycles. The van der Waals surface area contributed by atoms with Gasteiger partial charge in [0.15, 0.2) is 5.82 Å². The Hall–Kier alpha value is -1.49. The molecule has 1 heterocycles. The first kappa shape index (κ1) is 12.0. The van der Waals surface area contributed by atoms with Gasteiger partial charge in [0.05, 0.1) is 17.9 Å². The van der Waals surface area contributed by atoms with Crippen molar-refractivity contribution < 1.29 is 18.7 Å². The van der Waals surface area contributed by atoms with E-state index in [0.717, 1.165) is 25.5 Å². The maximum atomic E-state index is 13.3. The minimum Gasteiger partial charge on any atom is -0.456 e. The van der Waals surface area contributed by atoms with E-state index in [4.69, 9.17) is 9.47 Å². The standard InChI is InChI=1S/C12H14FNO3/c1-16-10-3-2-4-11(10)17-12(15)8-5-6-14-7-9(8)13/h5-7,10-11H,2-4H2,1H3/t10-,11-/m0/s1. The highest BCUT2D eigenvalue weighted by Gasteiger charge is 2.31. The van der Waals surface area contributed by atoms with Crippen molar-refractivity contribution in [2.75, 3.05) is 7.11 Å². The number of hydrogen-bond acceptors (Lipinski definition) is 4. The Bertz CT molecular complexity index is 410. The first-order chi connectivity index (χ1) is 8.22. The molecule has 0 unspecified atom stereocenters. The summed E-state index contributed by atoms with van der Waals surface area (Å²) >= 11 is 0. The van der Waals surface area contributed by atoms with Crippen molar-refractivity contribution in [1.82, 2.24) is 4.98 Å². The van der Waals surface area contributed by atoms with Crippen molar-refractivity contribution in [1.29, 1.82) is 0 Å². The first-order valence-electron chi connectivity index (χ1n) is 5.55. The quantitative estimate of drug-likeness (QED) is 0.756. The lowest BCUT2D eigenvalue weighted by atomic mass is 10.2. The molecule has 0 saturated heterocycles. The second kappa shape index (κ2) is 5.23. The molecule has 2 atom stereocenters. The van der Waals surface area contributed by atoms with Crippen LogP contribution >= 0.6 is 0 Å². The van der Waals surface area contributed by atoms with E-state index in [1.54, 1.807) is 7.11 Å². The first-order valence-corrected chi connectivity index (χ1v) is 5.55. The molecule has 4 nitrogen and oxygen atoms in total. The SMILES string of the molecule is CO[C@H]1CCC[C@@H]1OC(=O)c1ccncc1F. The zero-order valence-corrected chi connectivity index (χ0v) is 9.56. The maximum absolute atomic E-state index is 13.3. The van der Waals surface area contributed by atoms with Crippen molar-refractivity contribution in [3.05, 3.63) is 29.8 Å². The van der Waals surface area contributed by atoms with Gasteiger partial charge in [-0.2, -0.15) is 0 Å². The van der Waals surface area contributed by atoms with E-state index < -0.39 is 11.8 Å². The van der Waals surface area contributed by atoms with Gasteiger partial charge in [-0.15, -0.1) is 0 Å². The highest BCUT2D eigenvalue weighted by Crippen LogP contribution is 2.25. The molecule has 92 valence electrons. The van der Waals surface area contributed by atoms with Gasteiger partial charge in [0.25, 0.3) is 0 Å². The van der Waals surface area contributed by atoms with Gasteiger partial charge in [-0.05, 0) is 25.3 Å². The van der Waals surface area contributed by atoms with Crippen LogP contribution in [0.15, 0.2) is 18.5 Å². The number of hydrogen-bond donors (Lipinski definition) is 0. The smallest absolute Gasteiger partial charge is 0.341 e. The zero-order chi connectivity index (χ0) is 12.3. The molecule has 5 heteroatoms. The van der Waals surface area contributed by atoms with Crippen molar-refractivity contribution in [2.24, 2.45) is 0 Å². The van der Waals surface area contributed by atoms with Crippen LogP contribution in [-0.2, 0) is 9.47 Å². The van der Waals surface area contributed by atoms with E-state index in [0.29, 0.717) is 0 Å². The Kier molecular flexibility index (Phi) is 3.68. The third-order valence-corrected chi connectivity index (χ3v) is 2.95. The van der Waals surface area contributed by atoms with Gasteiger partial charge >= 0.3 is 5.97 Å². The largest absolute Gasteiger partial charge is 0.456 e. The Balaban J connectivity index is 2.04. The lowest BCUT2D eigenvalue weighted by Gasteiger charge is -2.18. The number of nitrogens with zero attached hydrogens (tertiary/aromatic N) is 1. The topological polar surface area (TPSA) is 48.4 Å². The number of pyridine rings is 1. The Labute approximate surface area is 98.8 Å². The summed E-state index contributed by atoms with van der Waals surface area (Å²) < 4.78 is 23.8. The number of esters is 1. The Morgan fingerprint density at radius 3 is 2.94 bits per heavy atom. The molecule has 0 radical (unpaired) electrons. The number of methoxy groups -OCH3 is 1. The summed E-state index contributed by atoms with van der Waals surface area (Å²) in [4.78, 5) is 15.3. The van der Waals surface area contributed by atoms with Gasteiger partial charge < -0.3 is 9.47 Å². The molecule has 2 rings (SSSR count). The molecule has 1 aromatic rings. The summed E-state index contributed by atoms with van der Waals surface area (Å²) in [5.74, 6) is -1.32. The molecule has 0 aromatic carbocycles. The summed E-state index contributed by atoms with van der Waals surface area (Å²) in [6.45, 7) is 0. The molecule has 0 N–H and O–H groups in total. The van der Waals surface area contributed by atoms with Crippen LogP contribution in [0.5, 0.6) is 0 Å². The molecule has 1 aliphatic carbocycles. The highest BCUT2D eigenvalue weighted by atomic mass is 19.1. The van der Waals surface area contributed by atoms with Crippen LogP contribution in [0, 0.1) is 5.82 Å². The third kappa shape index (κ3) is 2.61. The predicted octanol–water partition coefficient (Wildman–Crippen LogP) is 1.95. The lowest BCUT2D eigenvalue weighted by Crippen LogP contribution is -2.28. The fraction of sp³-hybridized carbons (Fsp3) is 0.500. The monoisotopic (exact) mass is 239 g/mol. The summed E-state index contributed by atoms with van der Waals surface area (Å²) in [6, 6.07) is 1.31. The number of ether oxygens (including phenoxy) is 2. The Morgan fingerprint density at radius 2 is 2.24 bits per heavy atom. The van der Waals surface area contributed by atoms with E-state index in [1.807, 2.05) is 0 Å². The van der Waals surface area contributed by atoms with Crippen LogP contribution in [0.3, 0.4) is 0 Å². The van der Waals surface area contributed by atoms with Crippen molar-refractivity contribution in [3.8, 4) is 0 Å². The van der Waals surface area contributed by atoms with Gasteiger partial charge in [-0.1, -0.05) is 0 Å². The van der Waals surface area contributed by atoms with Crippen LogP contribution in [-0.4, -0.2) is 30.3 Å². The van der Waals surface area contributed by atoms with Crippen molar-refractivity contribution in [3.63, 3.8) is 0 Å². The molecule has 17 heavy (non-hydrogen) atoms. The number of halogens is 1. The number of aromatic nitrogens is 1. The summed E-state index contributed by atoms with van der Waals surface area (Å²) in [6.07, 6.45) is 4.59. The molecule has 0 spiro atoms. The van der Waals surface area contributed by atoms with Gasteiger partial charge in [0.2, 0.25) is 0 Å². The van der Waals surface area contributed by atoms with E-state index >= 15 is 0 Å². The molecule has 1 saturated carbocycles. The van der Waals surface area contributed by atoms with Crippen LogP contribution in [0.25, 0.3) is 0 Å². The highest BCUT2D eigenvalue weighted by molar-refractivity contribution is 5.89. The van der Waals surface area contributed by atoms with E-state index in [9.17, 15) is 9.18 Å². The fourth-order valence-corrected chi connectivity index (χ4v) is 2.04.